The van der Waals surface area contributed by atoms with Crippen molar-refractivity contribution in [1.82, 2.24) is 24.9 Å². The molecule has 3 heterocycles. The average molecular weight is 455 g/mol. The summed E-state index contributed by atoms with van der Waals surface area (Å²) in [6.07, 6.45) is 4.42. The maximum atomic E-state index is 12.9. The Balaban J connectivity index is 1.43. The molecule has 0 aliphatic heterocycles. The predicted octanol–water partition coefficient (Wildman–Crippen LogP) is 3.08. The predicted molar refractivity (Wildman–Crippen MR) is 115 cm³/mol. The van der Waals surface area contributed by atoms with Gasteiger partial charge in [0.25, 0.3) is 11.8 Å². The Hall–Kier alpha value is -4.05. The molecule has 10 nitrogen and oxygen atoms in total. The van der Waals surface area contributed by atoms with E-state index < -0.39 is 11.8 Å². The van der Waals surface area contributed by atoms with Crippen LogP contribution in [0.4, 0.5) is 5.69 Å². The van der Waals surface area contributed by atoms with Crippen LogP contribution in [0.3, 0.4) is 0 Å². The normalized spacial score (nSPS) is 10.7. The summed E-state index contributed by atoms with van der Waals surface area (Å²) in [7, 11) is 1.61. The smallest absolute Gasteiger partial charge is 0.274 e. The quantitative estimate of drug-likeness (QED) is 0.422. The summed E-state index contributed by atoms with van der Waals surface area (Å²) in [5, 5.41) is 14.3. The van der Waals surface area contributed by atoms with Gasteiger partial charge in [-0.2, -0.15) is 10.2 Å². The van der Waals surface area contributed by atoms with Gasteiger partial charge in [0.05, 0.1) is 24.7 Å². The molecule has 0 spiro atoms. The topological polar surface area (TPSA) is 116 Å². The summed E-state index contributed by atoms with van der Waals surface area (Å²) in [6, 6.07) is 11.9. The largest absolute Gasteiger partial charge is 0.471 e. The molecule has 0 fully saturated rings. The van der Waals surface area contributed by atoms with Crippen molar-refractivity contribution in [3.05, 3.63) is 83.3 Å². The van der Waals surface area contributed by atoms with Gasteiger partial charge < -0.3 is 19.8 Å². The van der Waals surface area contributed by atoms with E-state index >= 15 is 0 Å². The molecule has 32 heavy (non-hydrogen) atoms. The van der Waals surface area contributed by atoms with Crippen LogP contribution in [0, 0.1) is 0 Å². The standard InChI is InChI=1S/C21H19ClN6O4/c1-27-19(21(30)23-11-16-3-2-10-31-16)17(12-25-27)26-20(29)18-8-9-24-28(18)13-32-15-6-4-14(22)5-7-15/h2-10,12H,11,13H2,1H3,(H,23,30)(H,26,29). The molecule has 4 aromatic rings. The van der Waals surface area contributed by atoms with Crippen LogP contribution in [0.25, 0.3) is 0 Å². The molecular formula is C21H19ClN6O4. The number of benzene rings is 1. The maximum absolute atomic E-state index is 12.9. The van der Waals surface area contributed by atoms with Crippen molar-refractivity contribution in [3.8, 4) is 5.75 Å². The summed E-state index contributed by atoms with van der Waals surface area (Å²) in [5.41, 5.74) is 0.721. The third kappa shape index (κ3) is 4.81. The Morgan fingerprint density at radius 2 is 1.94 bits per heavy atom. The third-order valence-corrected chi connectivity index (χ3v) is 4.77. The molecule has 0 aliphatic carbocycles. The fourth-order valence-electron chi connectivity index (χ4n) is 2.94. The zero-order chi connectivity index (χ0) is 22.5. The lowest BCUT2D eigenvalue weighted by Gasteiger charge is -2.11. The zero-order valence-corrected chi connectivity index (χ0v) is 17.7. The minimum absolute atomic E-state index is 0.0148. The van der Waals surface area contributed by atoms with Gasteiger partial charge in [-0.15, -0.1) is 0 Å². The van der Waals surface area contributed by atoms with Crippen molar-refractivity contribution in [2.75, 3.05) is 5.32 Å². The van der Waals surface area contributed by atoms with Gasteiger partial charge in [-0.3, -0.25) is 14.3 Å². The van der Waals surface area contributed by atoms with E-state index in [0.717, 1.165) is 0 Å². The first kappa shape index (κ1) is 21.2. The van der Waals surface area contributed by atoms with E-state index in [1.807, 2.05) is 0 Å². The summed E-state index contributed by atoms with van der Waals surface area (Å²) >= 11 is 5.87. The number of aromatic nitrogens is 4. The molecule has 2 amide bonds. The van der Waals surface area contributed by atoms with Gasteiger partial charge in [0.1, 0.15) is 22.9 Å². The number of nitrogens with one attached hydrogen (secondary N) is 2. The van der Waals surface area contributed by atoms with E-state index in [0.29, 0.717) is 16.5 Å². The monoisotopic (exact) mass is 454 g/mol. The van der Waals surface area contributed by atoms with Crippen LogP contribution in [0.5, 0.6) is 5.75 Å². The highest BCUT2D eigenvalue weighted by Gasteiger charge is 2.21. The lowest BCUT2D eigenvalue weighted by Crippen LogP contribution is -2.27. The van der Waals surface area contributed by atoms with Crippen LogP contribution in [0.1, 0.15) is 26.7 Å². The van der Waals surface area contributed by atoms with Crippen molar-refractivity contribution in [1.29, 1.82) is 0 Å². The highest BCUT2D eigenvalue weighted by atomic mass is 35.5. The Morgan fingerprint density at radius 1 is 1.12 bits per heavy atom. The van der Waals surface area contributed by atoms with E-state index in [1.165, 1.54) is 28.0 Å². The highest BCUT2D eigenvalue weighted by molar-refractivity contribution is 6.30. The minimum Gasteiger partial charge on any atom is -0.471 e. The summed E-state index contributed by atoms with van der Waals surface area (Å²) in [5.74, 6) is 0.321. The van der Waals surface area contributed by atoms with Gasteiger partial charge in [0, 0.05) is 18.3 Å². The van der Waals surface area contributed by atoms with E-state index in [4.69, 9.17) is 20.8 Å². The van der Waals surface area contributed by atoms with Gasteiger partial charge in [-0.1, -0.05) is 11.6 Å². The average Bonchev–Trinajstić information content (AvgIpc) is 3.53. The number of rotatable bonds is 8. The molecule has 0 atom stereocenters. The molecular weight excluding hydrogens is 436 g/mol. The van der Waals surface area contributed by atoms with Gasteiger partial charge in [0.15, 0.2) is 6.73 Å². The van der Waals surface area contributed by atoms with Crippen LogP contribution in [0.2, 0.25) is 5.02 Å². The van der Waals surface area contributed by atoms with Crippen molar-refractivity contribution in [2.45, 2.75) is 13.3 Å². The molecule has 4 rings (SSSR count). The number of amides is 2. The molecule has 164 valence electrons. The second-order valence-corrected chi connectivity index (χ2v) is 7.13. The molecule has 0 radical (unpaired) electrons. The first-order valence-corrected chi connectivity index (χ1v) is 9.93. The van der Waals surface area contributed by atoms with Crippen molar-refractivity contribution < 1.29 is 18.7 Å². The van der Waals surface area contributed by atoms with E-state index in [-0.39, 0.29) is 30.4 Å². The summed E-state index contributed by atoms with van der Waals surface area (Å²) in [4.78, 5) is 25.5. The molecule has 3 aromatic heterocycles. The molecule has 0 saturated carbocycles. The third-order valence-electron chi connectivity index (χ3n) is 4.52. The molecule has 0 bridgehead atoms. The van der Waals surface area contributed by atoms with Crippen molar-refractivity contribution >= 4 is 29.1 Å². The van der Waals surface area contributed by atoms with Crippen molar-refractivity contribution in [2.24, 2.45) is 7.05 Å². The highest BCUT2D eigenvalue weighted by Crippen LogP contribution is 2.18. The molecule has 2 N–H and O–H groups in total. The van der Waals surface area contributed by atoms with Gasteiger partial charge >= 0.3 is 0 Å². The zero-order valence-electron chi connectivity index (χ0n) is 17.0. The maximum Gasteiger partial charge on any atom is 0.274 e. The van der Waals surface area contributed by atoms with Crippen LogP contribution < -0.4 is 15.4 Å². The second-order valence-electron chi connectivity index (χ2n) is 6.69. The van der Waals surface area contributed by atoms with Crippen molar-refractivity contribution in [3.63, 3.8) is 0 Å². The van der Waals surface area contributed by atoms with Gasteiger partial charge in [0.2, 0.25) is 0 Å². The van der Waals surface area contributed by atoms with Gasteiger partial charge in [-0.25, -0.2) is 4.68 Å². The number of ether oxygens (including phenoxy) is 1. The number of hydrogen-bond acceptors (Lipinski definition) is 6. The first-order valence-electron chi connectivity index (χ1n) is 9.55. The Morgan fingerprint density at radius 3 is 2.69 bits per heavy atom. The SMILES string of the molecule is Cn1ncc(NC(=O)c2ccnn2COc2ccc(Cl)cc2)c1C(=O)NCc1ccco1. The minimum atomic E-state index is -0.463. The van der Waals surface area contributed by atoms with E-state index in [2.05, 4.69) is 20.8 Å². The lowest BCUT2D eigenvalue weighted by atomic mass is 10.3. The number of halogens is 1. The van der Waals surface area contributed by atoms with Gasteiger partial charge in [-0.05, 0) is 42.5 Å². The number of carbonyl (C=O) groups excluding carboxylic acids is 2. The van der Waals surface area contributed by atoms with Crippen LogP contribution in [-0.2, 0) is 20.3 Å². The lowest BCUT2D eigenvalue weighted by molar-refractivity contribution is 0.0939. The fraction of sp³-hybridized carbons (Fsp3) is 0.143. The fourth-order valence-corrected chi connectivity index (χ4v) is 3.07. The number of carbonyl (C=O) groups is 2. The summed E-state index contributed by atoms with van der Waals surface area (Å²) in [6.45, 7) is 0.222. The second kappa shape index (κ2) is 9.40. The molecule has 11 heteroatoms. The van der Waals surface area contributed by atoms with Crippen LogP contribution in [0.15, 0.2) is 65.5 Å². The summed E-state index contributed by atoms with van der Waals surface area (Å²) < 4.78 is 13.6. The number of furan rings is 1. The molecule has 0 unspecified atom stereocenters. The number of anilines is 1. The van der Waals surface area contributed by atoms with E-state index in [9.17, 15) is 9.59 Å². The first-order chi connectivity index (χ1) is 15.5. The number of nitrogens with zero attached hydrogens (tertiary/aromatic N) is 4. The Bertz CT molecular complexity index is 1210. The Kier molecular flexibility index (Phi) is 6.22. The van der Waals surface area contributed by atoms with E-state index in [1.54, 1.807) is 49.5 Å². The Labute approximate surface area is 187 Å². The molecule has 0 saturated heterocycles. The van der Waals surface area contributed by atoms with Crippen LogP contribution in [-0.4, -0.2) is 31.4 Å². The molecule has 1 aromatic carbocycles. The molecule has 0 aliphatic rings. The number of aryl methyl sites for hydroxylation is 1. The van der Waals surface area contributed by atoms with Crippen LogP contribution >= 0.6 is 11.6 Å². The number of hydrogen-bond donors (Lipinski definition) is 2.